The zero-order chi connectivity index (χ0) is 23.0. The SMILES string of the molecule is Cc1ccc(C(O)NC2=C(c3ccc(OC(F)(F)F)cc3)C(=O)c3ccccc3C2=O)o1. The predicted molar refractivity (Wildman–Crippen MR) is 107 cm³/mol. The zero-order valence-electron chi connectivity index (χ0n) is 16.6. The normalized spacial score (nSPS) is 14.9. The average molecular weight is 443 g/mol. The Morgan fingerprint density at radius 3 is 2.12 bits per heavy atom. The number of hydrogen-bond acceptors (Lipinski definition) is 6. The van der Waals surface area contributed by atoms with Crippen LogP contribution in [0.3, 0.4) is 0 Å². The molecule has 0 aliphatic heterocycles. The molecule has 0 amide bonds. The third kappa shape index (κ3) is 4.15. The molecule has 6 nitrogen and oxygen atoms in total. The summed E-state index contributed by atoms with van der Waals surface area (Å²) in [4.78, 5) is 26.4. The smallest absolute Gasteiger partial charge is 0.462 e. The van der Waals surface area contributed by atoms with Gasteiger partial charge >= 0.3 is 6.36 Å². The van der Waals surface area contributed by atoms with Crippen LogP contribution in [0.25, 0.3) is 5.57 Å². The molecule has 0 saturated carbocycles. The predicted octanol–water partition coefficient (Wildman–Crippen LogP) is 4.56. The van der Waals surface area contributed by atoms with Gasteiger partial charge in [0.15, 0.2) is 17.8 Å². The van der Waals surface area contributed by atoms with Crippen LogP contribution in [0.1, 0.15) is 44.0 Å². The van der Waals surface area contributed by atoms with E-state index in [2.05, 4.69) is 10.1 Å². The Bertz CT molecular complexity index is 1220. The molecule has 0 fully saturated rings. The molecule has 1 heterocycles. The zero-order valence-corrected chi connectivity index (χ0v) is 16.6. The Labute approximate surface area is 179 Å². The Hall–Kier alpha value is -3.85. The maximum absolute atomic E-state index is 13.2. The van der Waals surface area contributed by atoms with Gasteiger partial charge in [-0.15, -0.1) is 13.2 Å². The lowest BCUT2D eigenvalue weighted by Crippen LogP contribution is -2.32. The van der Waals surface area contributed by atoms with Gasteiger partial charge in [-0.05, 0) is 36.8 Å². The van der Waals surface area contributed by atoms with Crippen molar-refractivity contribution in [2.75, 3.05) is 0 Å². The van der Waals surface area contributed by atoms with Gasteiger partial charge in [0.05, 0.1) is 11.3 Å². The fraction of sp³-hybridized carbons (Fsp3) is 0.130. The lowest BCUT2D eigenvalue weighted by atomic mass is 9.84. The Balaban J connectivity index is 1.79. The number of allylic oxidation sites excluding steroid dienone is 2. The highest BCUT2D eigenvalue weighted by Gasteiger charge is 2.35. The molecule has 1 atom stereocenters. The number of aliphatic hydroxyl groups is 1. The summed E-state index contributed by atoms with van der Waals surface area (Å²) in [6, 6.07) is 13.9. The number of hydrogen-bond donors (Lipinski definition) is 2. The molecule has 32 heavy (non-hydrogen) atoms. The number of nitrogens with one attached hydrogen (secondary N) is 1. The Morgan fingerprint density at radius 1 is 0.938 bits per heavy atom. The minimum Gasteiger partial charge on any atom is -0.462 e. The van der Waals surface area contributed by atoms with Crippen molar-refractivity contribution in [2.45, 2.75) is 19.5 Å². The van der Waals surface area contributed by atoms with Gasteiger partial charge in [-0.25, -0.2) is 0 Å². The molecule has 3 aromatic rings. The molecule has 0 spiro atoms. The molecule has 0 radical (unpaired) electrons. The molecular formula is C23H16F3NO5. The van der Waals surface area contributed by atoms with E-state index in [1.54, 1.807) is 25.1 Å². The number of carbonyl (C=O) groups excluding carboxylic acids is 2. The van der Waals surface area contributed by atoms with E-state index in [0.717, 1.165) is 12.1 Å². The molecule has 4 rings (SSSR count). The number of alkyl halides is 3. The van der Waals surface area contributed by atoms with Crippen LogP contribution < -0.4 is 10.1 Å². The van der Waals surface area contributed by atoms with Crippen LogP contribution >= 0.6 is 0 Å². The van der Waals surface area contributed by atoms with E-state index >= 15 is 0 Å². The fourth-order valence-electron chi connectivity index (χ4n) is 3.42. The molecule has 2 N–H and O–H groups in total. The van der Waals surface area contributed by atoms with Crippen LogP contribution in [0.15, 0.2) is 70.8 Å². The van der Waals surface area contributed by atoms with E-state index in [9.17, 15) is 27.9 Å². The molecule has 1 aliphatic carbocycles. The third-order valence-corrected chi connectivity index (χ3v) is 4.81. The second-order valence-electron chi connectivity index (χ2n) is 7.02. The number of aryl methyl sites for hydroxylation is 1. The summed E-state index contributed by atoms with van der Waals surface area (Å²) in [5.41, 5.74) is 0.188. The average Bonchev–Trinajstić information content (AvgIpc) is 3.18. The first-order valence-corrected chi connectivity index (χ1v) is 9.44. The van der Waals surface area contributed by atoms with Crippen molar-refractivity contribution in [3.63, 3.8) is 0 Å². The quantitative estimate of drug-likeness (QED) is 0.562. The number of ether oxygens (including phenoxy) is 1. The van der Waals surface area contributed by atoms with Crippen LogP contribution in [-0.4, -0.2) is 23.0 Å². The highest BCUT2D eigenvalue weighted by Crippen LogP contribution is 2.34. The van der Waals surface area contributed by atoms with Crippen LogP contribution in [0.4, 0.5) is 13.2 Å². The van der Waals surface area contributed by atoms with Gasteiger partial charge in [0.25, 0.3) is 0 Å². The molecule has 1 aromatic heterocycles. The molecule has 1 aliphatic rings. The van der Waals surface area contributed by atoms with E-state index < -0.39 is 29.9 Å². The molecular weight excluding hydrogens is 427 g/mol. The highest BCUT2D eigenvalue weighted by atomic mass is 19.4. The Kier molecular flexibility index (Phi) is 5.35. The van der Waals surface area contributed by atoms with Crippen LogP contribution in [-0.2, 0) is 0 Å². The lowest BCUT2D eigenvalue weighted by Gasteiger charge is -2.24. The first kappa shape index (κ1) is 21.4. The standard InChI is InChI=1S/C23H16F3NO5/c1-12-6-11-17(31-12)22(30)27-19-18(13-7-9-14(10-8-13)32-23(24,25)26)20(28)15-4-2-3-5-16(15)21(19)29/h2-11,22,27,30H,1H3. The summed E-state index contributed by atoms with van der Waals surface area (Å²) in [6.07, 6.45) is -6.31. The second kappa shape index (κ2) is 8.01. The fourth-order valence-corrected chi connectivity index (χ4v) is 3.42. The topological polar surface area (TPSA) is 88.8 Å². The number of halogens is 3. The first-order chi connectivity index (χ1) is 15.1. The maximum Gasteiger partial charge on any atom is 0.573 e. The minimum absolute atomic E-state index is 0.0883. The number of Topliss-reactive ketones (excluding diaryl/α,β-unsaturated/α-hetero) is 2. The minimum atomic E-state index is -4.87. The van der Waals surface area contributed by atoms with Gasteiger partial charge in [-0.3, -0.25) is 9.59 Å². The van der Waals surface area contributed by atoms with E-state index in [4.69, 9.17) is 4.42 Å². The molecule has 2 aromatic carbocycles. The van der Waals surface area contributed by atoms with E-state index in [-0.39, 0.29) is 33.7 Å². The highest BCUT2D eigenvalue weighted by molar-refractivity contribution is 6.40. The summed E-state index contributed by atoms with van der Waals surface area (Å²) in [5.74, 6) is -0.880. The van der Waals surface area contributed by atoms with Gasteiger partial charge in [-0.1, -0.05) is 36.4 Å². The van der Waals surface area contributed by atoms with Crippen LogP contribution in [0.2, 0.25) is 0 Å². The molecule has 0 bridgehead atoms. The van der Waals surface area contributed by atoms with Crippen LogP contribution in [0, 0.1) is 6.92 Å². The van der Waals surface area contributed by atoms with Crippen molar-refractivity contribution in [2.24, 2.45) is 0 Å². The molecule has 0 saturated heterocycles. The summed E-state index contributed by atoms with van der Waals surface area (Å²) >= 11 is 0. The number of benzene rings is 2. The van der Waals surface area contributed by atoms with Gasteiger partial charge in [0.1, 0.15) is 11.5 Å². The second-order valence-corrected chi connectivity index (χ2v) is 7.02. The molecule has 1 unspecified atom stereocenters. The van der Waals surface area contributed by atoms with Gasteiger partial charge in [0, 0.05) is 11.1 Å². The lowest BCUT2D eigenvalue weighted by molar-refractivity contribution is -0.274. The van der Waals surface area contributed by atoms with E-state index in [1.807, 2.05) is 0 Å². The van der Waals surface area contributed by atoms with Crippen molar-refractivity contribution in [3.05, 3.63) is 94.6 Å². The van der Waals surface area contributed by atoms with Crippen molar-refractivity contribution in [1.29, 1.82) is 0 Å². The van der Waals surface area contributed by atoms with Crippen molar-refractivity contribution in [1.82, 2.24) is 5.32 Å². The van der Waals surface area contributed by atoms with Crippen molar-refractivity contribution in [3.8, 4) is 5.75 Å². The maximum atomic E-state index is 13.2. The van der Waals surface area contributed by atoms with Crippen LogP contribution in [0.5, 0.6) is 5.75 Å². The number of furan rings is 1. The summed E-state index contributed by atoms with van der Waals surface area (Å²) in [5, 5.41) is 13.2. The third-order valence-electron chi connectivity index (χ3n) is 4.81. The number of rotatable bonds is 5. The largest absolute Gasteiger partial charge is 0.573 e. The van der Waals surface area contributed by atoms with Gasteiger partial charge in [-0.2, -0.15) is 0 Å². The van der Waals surface area contributed by atoms with Crippen molar-refractivity contribution < 1.29 is 37.0 Å². The number of carbonyl (C=O) groups is 2. The molecule has 164 valence electrons. The summed E-state index contributed by atoms with van der Waals surface area (Å²) < 4.78 is 46.6. The van der Waals surface area contributed by atoms with Crippen molar-refractivity contribution >= 4 is 17.1 Å². The van der Waals surface area contributed by atoms with Gasteiger partial charge in [0.2, 0.25) is 5.78 Å². The first-order valence-electron chi connectivity index (χ1n) is 9.44. The van der Waals surface area contributed by atoms with Gasteiger partial charge < -0.3 is 19.6 Å². The molecule has 9 heteroatoms. The monoisotopic (exact) mass is 443 g/mol. The summed E-state index contributed by atoms with van der Waals surface area (Å²) in [7, 11) is 0. The summed E-state index contributed by atoms with van der Waals surface area (Å²) in [6.45, 7) is 1.68. The number of ketones is 2. The van der Waals surface area contributed by atoms with E-state index in [1.165, 1.54) is 30.3 Å². The number of aliphatic hydroxyl groups excluding tert-OH is 1. The Morgan fingerprint density at radius 2 is 1.56 bits per heavy atom. The van der Waals surface area contributed by atoms with E-state index in [0.29, 0.717) is 5.76 Å². The number of fused-ring (bicyclic) bond motifs is 1.